The summed E-state index contributed by atoms with van der Waals surface area (Å²) in [6.45, 7) is 2.33. The number of alkyl halides is 5. The van der Waals surface area contributed by atoms with Crippen molar-refractivity contribution in [3.05, 3.63) is 82.0 Å². The molecule has 1 saturated carbocycles. The van der Waals surface area contributed by atoms with Gasteiger partial charge in [0.1, 0.15) is 22.9 Å². The molecule has 0 radical (unpaired) electrons. The zero-order valence-corrected chi connectivity index (χ0v) is 24.7. The molecule has 0 spiro atoms. The molecule has 12 heteroatoms. The van der Waals surface area contributed by atoms with E-state index in [9.17, 15) is 39.5 Å². The molecule has 0 aromatic heterocycles. The minimum atomic E-state index is -5.31. The summed E-state index contributed by atoms with van der Waals surface area (Å²) in [7, 11) is 0. The lowest BCUT2D eigenvalue weighted by molar-refractivity contribution is -0.223. The van der Waals surface area contributed by atoms with Gasteiger partial charge < -0.3 is 9.47 Å². The van der Waals surface area contributed by atoms with Crippen molar-refractivity contribution >= 4 is 17.6 Å². The van der Waals surface area contributed by atoms with E-state index in [1.54, 1.807) is 24.3 Å². The van der Waals surface area contributed by atoms with Gasteiger partial charge in [0, 0.05) is 29.4 Å². The summed E-state index contributed by atoms with van der Waals surface area (Å²) in [6, 6.07) is 6.91. The van der Waals surface area contributed by atoms with Crippen molar-refractivity contribution in [2.24, 2.45) is 11.8 Å². The Hall–Kier alpha value is -2.60. The highest BCUT2D eigenvalue weighted by molar-refractivity contribution is 8.03. The van der Waals surface area contributed by atoms with Crippen LogP contribution in [-0.4, -0.2) is 24.6 Å². The van der Waals surface area contributed by atoms with Crippen LogP contribution in [0.15, 0.2) is 53.7 Å². The van der Waals surface area contributed by atoms with Gasteiger partial charge in [-0.15, -0.1) is 0 Å². The third-order valence-electron chi connectivity index (χ3n) is 7.95. The van der Waals surface area contributed by atoms with Crippen LogP contribution in [0, 0.1) is 23.5 Å². The molecule has 2 aromatic rings. The predicted molar refractivity (Wildman–Crippen MR) is 152 cm³/mol. The summed E-state index contributed by atoms with van der Waals surface area (Å²) in [5.41, 5.74) is -1.01. The number of benzene rings is 2. The van der Waals surface area contributed by atoms with Gasteiger partial charge in [0.25, 0.3) is 0 Å². The lowest BCUT2D eigenvalue weighted by atomic mass is 9.81. The number of allylic oxidation sites excluding steroid dienone is 1. The fourth-order valence-electron chi connectivity index (χ4n) is 5.51. The van der Waals surface area contributed by atoms with E-state index >= 15 is 0 Å². The topological polar surface area (TPSA) is 18.5 Å². The lowest BCUT2D eigenvalue weighted by Gasteiger charge is -2.33. The summed E-state index contributed by atoms with van der Waals surface area (Å²) in [6.07, 6.45) is -2.24. The number of thioether (sulfide) groups is 1. The van der Waals surface area contributed by atoms with Gasteiger partial charge in [-0.05, 0) is 56.4 Å². The zero-order valence-electron chi connectivity index (χ0n) is 23.9. The monoisotopic (exact) mass is 652 g/mol. The van der Waals surface area contributed by atoms with E-state index in [0.29, 0.717) is 25.2 Å². The van der Waals surface area contributed by atoms with Crippen molar-refractivity contribution < 1.29 is 49.0 Å². The number of ether oxygens (including phenoxy) is 2. The molecular formula is C32H33F9O2S. The lowest BCUT2D eigenvalue weighted by Crippen LogP contribution is -2.37. The van der Waals surface area contributed by atoms with Crippen molar-refractivity contribution in [2.45, 2.75) is 76.2 Å². The Morgan fingerprint density at radius 3 is 2.09 bits per heavy atom. The van der Waals surface area contributed by atoms with Crippen molar-refractivity contribution in [1.82, 2.24) is 0 Å². The Balaban J connectivity index is 1.24. The molecule has 1 aliphatic carbocycles. The van der Waals surface area contributed by atoms with Gasteiger partial charge in [-0.3, -0.25) is 0 Å². The second-order valence-electron chi connectivity index (χ2n) is 11.1. The fraction of sp³-hybridized carbons (Fsp3) is 0.500. The molecule has 2 fully saturated rings. The standard InChI is InChI=1S/C32H33F9O2S/c1-2-15-44-30(36)29(35)21-8-6-20(7-9-21)22-10-14-24(42-18-22)13-5-19-3-11-23(12-4-19)32(40,41)43-25-16-26(33)28(27(34)17-25)31(37,38)39/h5-9,13,16-17,19,22-24H,2-4,10-12,14-15,18H2,1H3. The minimum absolute atomic E-state index is 0.00992. The molecular weight excluding hydrogens is 619 g/mol. The SMILES string of the molecule is CCCSC(F)=C(F)c1ccc(C2CCC(C=CC3CCC(C(F)(F)Oc4cc(F)c(C(F)(F)F)c(F)c4)CC3)OC2)cc1. The van der Waals surface area contributed by atoms with E-state index in [4.69, 9.17) is 4.74 Å². The average Bonchev–Trinajstić information content (AvgIpc) is 2.97. The maximum atomic E-state index is 14.7. The first-order valence-electron chi connectivity index (χ1n) is 14.5. The molecule has 2 aliphatic rings. The van der Waals surface area contributed by atoms with Gasteiger partial charge in [-0.1, -0.05) is 55.1 Å². The second kappa shape index (κ2) is 14.7. The summed E-state index contributed by atoms with van der Waals surface area (Å²) < 4.78 is 134. The highest BCUT2D eigenvalue weighted by Gasteiger charge is 2.45. The van der Waals surface area contributed by atoms with E-state index in [-0.39, 0.29) is 48.5 Å². The first-order valence-corrected chi connectivity index (χ1v) is 15.5. The van der Waals surface area contributed by atoms with E-state index < -0.39 is 52.1 Å². The molecule has 1 saturated heterocycles. The Morgan fingerprint density at radius 1 is 0.909 bits per heavy atom. The van der Waals surface area contributed by atoms with Gasteiger partial charge in [0.15, 0.2) is 11.0 Å². The van der Waals surface area contributed by atoms with Crippen LogP contribution in [0.4, 0.5) is 39.5 Å². The van der Waals surface area contributed by atoms with Crippen LogP contribution in [0.25, 0.3) is 5.83 Å². The van der Waals surface area contributed by atoms with Crippen LogP contribution < -0.4 is 4.74 Å². The molecule has 2 aromatic carbocycles. The molecule has 1 aliphatic heterocycles. The average molecular weight is 653 g/mol. The number of rotatable bonds is 10. The highest BCUT2D eigenvalue weighted by atomic mass is 32.2. The Kier molecular flexibility index (Phi) is 11.4. The number of hydrogen-bond acceptors (Lipinski definition) is 3. The Labute approximate surface area is 254 Å². The van der Waals surface area contributed by atoms with Crippen LogP contribution >= 0.6 is 11.8 Å². The quantitative estimate of drug-likeness (QED) is 0.188. The van der Waals surface area contributed by atoms with E-state index in [1.165, 1.54) is 0 Å². The third-order valence-corrected chi connectivity index (χ3v) is 9.00. The van der Waals surface area contributed by atoms with E-state index in [0.717, 1.165) is 36.6 Å². The Bertz CT molecular complexity index is 1280. The molecule has 2 unspecified atom stereocenters. The molecule has 0 N–H and O–H groups in total. The maximum Gasteiger partial charge on any atom is 0.422 e. The largest absolute Gasteiger partial charge is 0.432 e. The van der Waals surface area contributed by atoms with Gasteiger partial charge in [0.2, 0.25) is 0 Å². The number of halogens is 9. The van der Waals surface area contributed by atoms with Crippen molar-refractivity contribution in [2.75, 3.05) is 12.4 Å². The summed E-state index contributed by atoms with van der Waals surface area (Å²) in [5, 5.41) is -0.822. The molecule has 44 heavy (non-hydrogen) atoms. The zero-order chi connectivity index (χ0) is 32.1. The first-order chi connectivity index (χ1) is 20.8. The van der Waals surface area contributed by atoms with Gasteiger partial charge in [-0.25, -0.2) is 13.2 Å². The summed E-state index contributed by atoms with van der Waals surface area (Å²) in [5.74, 6) is -6.58. The van der Waals surface area contributed by atoms with Crippen LogP contribution in [0.5, 0.6) is 5.75 Å². The highest BCUT2D eigenvalue weighted by Crippen LogP contribution is 2.42. The van der Waals surface area contributed by atoms with Gasteiger partial charge >= 0.3 is 12.3 Å². The number of hydrogen-bond donors (Lipinski definition) is 0. The van der Waals surface area contributed by atoms with Crippen molar-refractivity contribution in [3.63, 3.8) is 0 Å². The summed E-state index contributed by atoms with van der Waals surface area (Å²) >= 11 is 0.850. The Morgan fingerprint density at radius 2 is 1.55 bits per heavy atom. The minimum Gasteiger partial charge on any atom is -0.432 e. The molecule has 1 heterocycles. The predicted octanol–water partition coefficient (Wildman–Crippen LogP) is 11.0. The van der Waals surface area contributed by atoms with Crippen molar-refractivity contribution in [1.29, 1.82) is 0 Å². The van der Waals surface area contributed by atoms with Gasteiger partial charge in [-0.2, -0.15) is 26.3 Å². The molecule has 2 nitrogen and oxygen atoms in total. The van der Waals surface area contributed by atoms with Crippen LogP contribution in [0.1, 0.15) is 74.5 Å². The normalized spacial score (nSPS) is 24.0. The molecule has 0 amide bonds. The maximum absolute atomic E-state index is 14.7. The fourth-order valence-corrected chi connectivity index (χ4v) is 6.13. The summed E-state index contributed by atoms with van der Waals surface area (Å²) in [4.78, 5) is 0. The third kappa shape index (κ3) is 8.77. The smallest absolute Gasteiger partial charge is 0.422 e. The van der Waals surface area contributed by atoms with E-state index in [2.05, 4.69) is 4.74 Å². The molecule has 0 bridgehead atoms. The van der Waals surface area contributed by atoms with E-state index in [1.807, 2.05) is 19.1 Å². The first kappa shape index (κ1) is 34.3. The van der Waals surface area contributed by atoms with Crippen LogP contribution in [0.3, 0.4) is 0 Å². The van der Waals surface area contributed by atoms with Gasteiger partial charge in [0.05, 0.1) is 18.6 Å². The molecule has 4 rings (SSSR count). The second-order valence-corrected chi connectivity index (χ2v) is 12.2. The van der Waals surface area contributed by atoms with Crippen molar-refractivity contribution in [3.8, 4) is 5.75 Å². The molecule has 2 atom stereocenters. The molecule has 242 valence electrons. The van der Waals surface area contributed by atoms with Crippen LogP contribution in [-0.2, 0) is 10.9 Å². The van der Waals surface area contributed by atoms with Crippen LogP contribution in [0.2, 0.25) is 0 Å².